The molecule has 0 aliphatic rings. The number of hydrogen-bond donors (Lipinski definition) is 2. The number of nitrogens with one attached hydrogen (secondary N) is 1. The van der Waals surface area contributed by atoms with Gasteiger partial charge in [-0.05, 0) is 26.9 Å². The topological polar surface area (TPSA) is 58.4 Å². The van der Waals surface area contributed by atoms with Crippen molar-refractivity contribution in [2.75, 3.05) is 19.6 Å². The SMILES string of the molecule is CCN(CC)CC(C)NC(=O)C(C)C(N)=S. The number of rotatable bonds is 7. The summed E-state index contributed by atoms with van der Waals surface area (Å²) >= 11 is 4.79. The molecule has 0 spiro atoms. The Labute approximate surface area is 104 Å². The van der Waals surface area contributed by atoms with Crippen LogP contribution in [0.3, 0.4) is 0 Å². The zero-order chi connectivity index (χ0) is 12.7. The van der Waals surface area contributed by atoms with Crippen LogP contribution in [-0.2, 0) is 4.79 Å². The van der Waals surface area contributed by atoms with Crippen LogP contribution in [0.15, 0.2) is 0 Å². The van der Waals surface area contributed by atoms with Crippen molar-refractivity contribution in [2.45, 2.75) is 33.7 Å². The molecule has 1 amide bonds. The summed E-state index contributed by atoms with van der Waals surface area (Å²) in [6, 6.07) is 0.115. The number of carbonyl (C=O) groups excluding carboxylic acids is 1. The Bertz CT molecular complexity index is 241. The molecule has 94 valence electrons. The van der Waals surface area contributed by atoms with Gasteiger partial charge in [0.1, 0.15) is 0 Å². The van der Waals surface area contributed by atoms with Crippen molar-refractivity contribution in [3.8, 4) is 0 Å². The fraction of sp³-hybridized carbons (Fsp3) is 0.818. The number of nitrogens with two attached hydrogens (primary N) is 1. The number of carbonyl (C=O) groups is 1. The molecule has 0 aromatic carbocycles. The molecule has 0 saturated heterocycles. The number of amides is 1. The molecule has 2 unspecified atom stereocenters. The molecule has 0 fully saturated rings. The van der Waals surface area contributed by atoms with E-state index in [4.69, 9.17) is 18.0 Å². The van der Waals surface area contributed by atoms with E-state index in [0.29, 0.717) is 0 Å². The van der Waals surface area contributed by atoms with Crippen LogP contribution in [0.2, 0.25) is 0 Å². The summed E-state index contributed by atoms with van der Waals surface area (Å²) in [5.74, 6) is -0.485. The van der Waals surface area contributed by atoms with Crippen molar-refractivity contribution in [2.24, 2.45) is 11.7 Å². The molecule has 5 heteroatoms. The molecule has 0 aromatic heterocycles. The first-order valence-electron chi connectivity index (χ1n) is 5.74. The molecule has 0 bridgehead atoms. The third kappa shape index (κ3) is 5.42. The van der Waals surface area contributed by atoms with Crippen LogP contribution in [0, 0.1) is 5.92 Å². The zero-order valence-electron chi connectivity index (χ0n) is 10.6. The largest absolute Gasteiger partial charge is 0.393 e. The van der Waals surface area contributed by atoms with Crippen LogP contribution in [0.5, 0.6) is 0 Å². The van der Waals surface area contributed by atoms with Crippen molar-refractivity contribution in [1.82, 2.24) is 10.2 Å². The fourth-order valence-corrected chi connectivity index (χ4v) is 1.52. The Hall–Kier alpha value is -0.680. The normalized spacial score (nSPS) is 14.6. The third-order valence-electron chi connectivity index (χ3n) is 2.64. The summed E-state index contributed by atoms with van der Waals surface area (Å²) in [6.45, 7) is 10.8. The van der Waals surface area contributed by atoms with Crippen LogP contribution in [0.4, 0.5) is 0 Å². The first kappa shape index (κ1) is 15.3. The van der Waals surface area contributed by atoms with Gasteiger partial charge in [0.2, 0.25) is 5.91 Å². The van der Waals surface area contributed by atoms with E-state index < -0.39 is 5.92 Å². The lowest BCUT2D eigenvalue weighted by molar-refractivity contribution is -0.123. The molecule has 4 nitrogen and oxygen atoms in total. The van der Waals surface area contributed by atoms with E-state index in [1.165, 1.54) is 0 Å². The van der Waals surface area contributed by atoms with E-state index in [1.807, 2.05) is 6.92 Å². The van der Waals surface area contributed by atoms with E-state index >= 15 is 0 Å². The highest BCUT2D eigenvalue weighted by Gasteiger charge is 2.18. The monoisotopic (exact) mass is 245 g/mol. The summed E-state index contributed by atoms with van der Waals surface area (Å²) in [5.41, 5.74) is 5.43. The van der Waals surface area contributed by atoms with Crippen LogP contribution >= 0.6 is 12.2 Å². The lowest BCUT2D eigenvalue weighted by atomic mass is 10.1. The lowest BCUT2D eigenvalue weighted by Gasteiger charge is -2.24. The Morgan fingerprint density at radius 1 is 1.38 bits per heavy atom. The van der Waals surface area contributed by atoms with Gasteiger partial charge in [-0.15, -0.1) is 0 Å². The van der Waals surface area contributed by atoms with E-state index in [1.54, 1.807) is 6.92 Å². The lowest BCUT2D eigenvalue weighted by Crippen LogP contribution is -2.45. The van der Waals surface area contributed by atoms with Crippen LogP contribution in [0.1, 0.15) is 27.7 Å². The molecular weight excluding hydrogens is 222 g/mol. The summed E-state index contributed by atoms with van der Waals surface area (Å²) in [5, 5.41) is 2.91. The molecule has 3 N–H and O–H groups in total. The number of nitrogens with zero attached hydrogens (tertiary/aromatic N) is 1. The first-order chi connectivity index (χ1) is 7.42. The fourth-order valence-electron chi connectivity index (χ4n) is 1.41. The highest BCUT2D eigenvalue weighted by molar-refractivity contribution is 7.80. The van der Waals surface area contributed by atoms with Gasteiger partial charge in [0.05, 0.1) is 10.9 Å². The maximum atomic E-state index is 11.7. The summed E-state index contributed by atoms with van der Waals surface area (Å²) < 4.78 is 0. The minimum Gasteiger partial charge on any atom is -0.393 e. The van der Waals surface area contributed by atoms with Crippen molar-refractivity contribution in [3.63, 3.8) is 0 Å². The summed E-state index contributed by atoms with van der Waals surface area (Å²) in [6.07, 6.45) is 0. The second kappa shape index (κ2) is 7.57. The van der Waals surface area contributed by atoms with E-state index in [0.717, 1.165) is 19.6 Å². The van der Waals surface area contributed by atoms with Gasteiger partial charge >= 0.3 is 0 Å². The quantitative estimate of drug-likeness (QED) is 0.650. The average molecular weight is 245 g/mol. The second-order valence-corrected chi connectivity index (χ2v) is 4.49. The molecule has 0 aliphatic heterocycles. The molecule has 16 heavy (non-hydrogen) atoms. The Morgan fingerprint density at radius 3 is 2.25 bits per heavy atom. The molecule has 0 heterocycles. The molecule has 0 saturated carbocycles. The molecule has 2 atom stereocenters. The highest BCUT2D eigenvalue weighted by atomic mass is 32.1. The predicted molar refractivity (Wildman–Crippen MR) is 71.3 cm³/mol. The molecule has 0 aliphatic carbocycles. The molecular formula is C11H23N3OS. The van der Waals surface area contributed by atoms with E-state index in [-0.39, 0.29) is 16.9 Å². The van der Waals surface area contributed by atoms with Gasteiger partial charge in [0, 0.05) is 12.6 Å². The maximum Gasteiger partial charge on any atom is 0.229 e. The standard InChI is InChI=1S/C11H23N3OS/c1-5-14(6-2)7-8(3)13-11(15)9(4)10(12)16/h8-9H,5-7H2,1-4H3,(H2,12,16)(H,13,15). The molecule has 0 aromatic rings. The smallest absolute Gasteiger partial charge is 0.229 e. The Kier molecular flexibility index (Phi) is 7.25. The highest BCUT2D eigenvalue weighted by Crippen LogP contribution is 1.98. The Balaban J connectivity index is 4.09. The molecule has 0 rings (SSSR count). The maximum absolute atomic E-state index is 11.7. The summed E-state index contributed by atoms with van der Waals surface area (Å²) in [7, 11) is 0. The summed E-state index contributed by atoms with van der Waals surface area (Å²) in [4.78, 5) is 14.2. The van der Waals surface area contributed by atoms with Gasteiger partial charge in [-0.2, -0.15) is 0 Å². The second-order valence-electron chi connectivity index (χ2n) is 4.02. The van der Waals surface area contributed by atoms with Crippen molar-refractivity contribution >= 4 is 23.1 Å². The van der Waals surface area contributed by atoms with Crippen LogP contribution < -0.4 is 11.1 Å². The third-order valence-corrected chi connectivity index (χ3v) is 2.99. The van der Waals surface area contributed by atoms with Crippen LogP contribution in [-0.4, -0.2) is 41.5 Å². The van der Waals surface area contributed by atoms with Crippen molar-refractivity contribution in [1.29, 1.82) is 0 Å². The van der Waals surface area contributed by atoms with E-state index in [9.17, 15) is 4.79 Å². The van der Waals surface area contributed by atoms with Gasteiger partial charge < -0.3 is 16.0 Å². The van der Waals surface area contributed by atoms with Gasteiger partial charge in [-0.25, -0.2) is 0 Å². The minimum atomic E-state index is -0.394. The molecule has 0 radical (unpaired) electrons. The van der Waals surface area contributed by atoms with Crippen molar-refractivity contribution in [3.05, 3.63) is 0 Å². The van der Waals surface area contributed by atoms with E-state index in [2.05, 4.69) is 24.1 Å². The van der Waals surface area contributed by atoms with Gasteiger partial charge in [0.25, 0.3) is 0 Å². The van der Waals surface area contributed by atoms with Gasteiger partial charge in [0.15, 0.2) is 0 Å². The number of hydrogen-bond acceptors (Lipinski definition) is 3. The van der Waals surface area contributed by atoms with Crippen LogP contribution in [0.25, 0.3) is 0 Å². The van der Waals surface area contributed by atoms with Crippen molar-refractivity contribution < 1.29 is 4.79 Å². The Morgan fingerprint density at radius 2 is 1.88 bits per heavy atom. The van der Waals surface area contributed by atoms with Gasteiger partial charge in [-0.1, -0.05) is 26.1 Å². The first-order valence-corrected chi connectivity index (χ1v) is 6.15. The number of thiocarbonyl (C=S) groups is 1. The average Bonchev–Trinajstić information content (AvgIpc) is 2.24. The van der Waals surface area contributed by atoms with Gasteiger partial charge in [-0.3, -0.25) is 4.79 Å². The predicted octanol–water partition coefficient (Wildman–Crippen LogP) is 0.755. The minimum absolute atomic E-state index is 0.0906. The zero-order valence-corrected chi connectivity index (χ0v) is 11.4. The number of likely N-dealkylation sites (N-methyl/N-ethyl adjacent to an activating group) is 1.